The molecule has 0 fully saturated rings. The summed E-state index contributed by atoms with van der Waals surface area (Å²) in [5.74, 6) is -1.00. The Bertz CT molecular complexity index is 513. The molecule has 104 valence electrons. The van der Waals surface area contributed by atoms with Crippen molar-refractivity contribution in [1.82, 2.24) is 0 Å². The Hall–Kier alpha value is -1.56. The summed E-state index contributed by atoms with van der Waals surface area (Å²) in [6.45, 7) is 2.76. The predicted octanol–water partition coefficient (Wildman–Crippen LogP) is 2.53. The van der Waals surface area contributed by atoms with E-state index in [0.717, 1.165) is 0 Å². The molecule has 0 aliphatic heterocycles. The standard InChI is InChI=1S/C13H16BrNO4/c1-13(2,12(17)18)11(16)15(3)8-5-6-10(19-4)9(14)7-8/h5-7H,1-4H3,(H,17,18). The highest BCUT2D eigenvalue weighted by Crippen LogP contribution is 2.31. The van der Waals surface area contributed by atoms with Gasteiger partial charge in [0.2, 0.25) is 5.91 Å². The fraction of sp³-hybridized carbons (Fsp3) is 0.385. The Labute approximate surface area is 120 Å². The fourth-order valence-electron chi connectivity index (χ4n) is 1.49. The van der Waals surface area contributed by atoms with Crippen LogP contribution in [0.4, 0.5) is 5.69 Å². The molecule has 0 heterocycles. The summed E-state index contributed by atoms with van der Waals surface area (Å²) in [5.41, 5.74) is -0.881. The molecular weight excluding hydrogens is 314 g/mol. The minimum Gasteiger partial charge on any atom is -0.496 e. The molecule has 0 bridgehead atoms. The van der Waals surface area contributed by atoms with Crippen LogP contribution < -0.4 is 9.64 Å². The van der Waals surface area contributed by atoms with Gasteiger partial charge in [0.25, 0.3) is 0 Å². The van der Waals surface area contributed by atoms with E-state index in [1.165, 1.54) is 18.7 Å². The van der Waals surface area contributed by atoms with Crippen molar-refractivity contribution in [3.8, 4) is 5.75 Å². The van der Waals surface area contributed by atoms with Crippen molar-refractivity contribution in [2.45, 2.75) is 13.8 Å². The smallest absolute Gasteiger partial charge is 0.318 e. The Kier molecular flexibility index (Phi) is 4.57. The molecule has 0 saturated carbocycles. The van der Waals surface area contributed by atoms with Crippen molar-refractivity contribution in [2.24, 2.45) is 5.41 Å². The fourth-order valence-corrected chi connectivity index (χ4v) is 2.02. The minimum absolute atomic E-state index is 0.489. The average molecular weight is 330 g/mol. The maximum Gasteiger partial charge on any atom is 0.318 e. The lowest BCUT2D eigenvalue weighted by atomic mass is 9.92. The van der Waals surface area contributed by atoms with Gasteiger partial charge in [0.05, 0.1) is 11.6 Å². The number of hydrogen-bond donors (Lipinski definition) is 1. The van der Waals surface area contributed by atoms with E-state index in [1.54, 1.807) is 32.4 Å². The second kappa shape index (κ2) is 5.61. The molecule has 1 N–H and O–H groups in total. The highest BCUT2D eigenvalue weighted by atomic mass is 79.9. The van der Waals surface area contributed by atoms with Crippen LogP contribution in [-0.2, 0) is 9.59 Å². The van der Waals surface area contributed by atoms with Crippen LogP contribution >= 0.6 is 15.9 Å². The monoisotopic (exact) mass is 329 g/mol. The number of carbonyl (C=O) groups excluding carboxylic acids is 1. The maximum absolute atomic E-state index is 12.2. The quantitative estimate of drug-likeness (QED) is 0.862. The largest absolute Gasteiger partial charge is 0.496 e. The Morgan fingerprint density at radius 3 is 2.37 bits per heavy atom. The van der Waals surface area contributed by atoms with E-state index in [1.807, 2.05) is 0 Å². The van der Waals surface area contributed by atoms with Crippen LogP contribution in [0.1, 0.15) is 13.8 Å². The lowest BCUT2D eigenvalue weighted by Gasteiger charge is -2.26. The van der Waals surface area contributed by atoms with Crippen molar-refractivity contribution in [1.29, 1.82) is 0 Å². The highest BCUT2D eigenvalue weighted by Gasteiger charge is 2.38. The van der Waals surface area contributed by atoms with Gasteiger partial charge in [-0.1, -0.05) is 0 Å². The number of methoxy groups -OCH3 is 1. The molecule has 6 heteroatoms. The number of amides is 1. The molecule has 0 atom stereocenters. The summed E-state index contributed by atoms with van der Waals surface area (Å²) in [6.07, 6.45) is 0. The molecule has 1 rings (SSSR count). The van der Waals surface area contributed by atoms with Gasteiger partial charge in [-0.15, -0.1) is 0 Å². The van der Waals surface area contributed by atoms with Crippen LogP contribution in [0.15, 0.2) is 22.7 Å². The van der Waals surface area contributed by atoms with Crippen LogP contribution in [0.2, 0.25) is 0 Å². The first-order valence-corrected chi connectivity index (χ1v) is 6.36. The zero-order chi connectivity index (χ0) is 14.8. The molecule has 19 heavy (non-hydrogen) atoms. The highest BCUT2D eigenvalue weighted by molar-refractivity contribution is 9.10. The van der Waals surface area contributed by atoms with E-state index < -0.39 is 17.3 Å². The molecule has 0 aliphatic carbocycles. The summed E-state index contributed by atoms with van der Waals surface area (Å²) < 4.78 is 5.80. The molecule has 1 aromatic rings. The first kappa shape index (κ1) is 15.5. The van der Waals surface area contributed by atoms with Crippen molar-refractivity contribution in [3.05, 3.63) is 22.7 Å². The molecule has 0 spiro atoms. The average Bonchev–Trinajstić information content (AvgIpc) is 2.36. The zero-order valence-electron chi connectivity index (χ0n) is 11.2. The van der Waals surface area contributed by atoms with Crippen molar-refractivity contribution in [3.63, 3.8) is 0 Å². The molecule has 1 amide bonds. The number of nitrogens with zero attached hydrogens (tertiary/aromatic N) is 1. The van der Waals surface area contributed by atoms with Crippen LogP contribution in [0, 0.1) is 5.41 Å². The second-order valence-corrected chi connectivity index (χ2v) is 5.47. The van der Waals surface area contributed by atoms with Crippen LogP contribution in [0.3, 0.4) is 0 Å². The van der Waals surface area contributed by atoms with Gasteiger partial charge in [-0.25, -0.2) is 0 Å². The third kappa shape index (κ3) is 3.07. The van der Waals surface area contributed by atoms with E-state index in [9.17, 15) is 9.59 Å². The maximum atomic E-state index is 12.2. The zero-order valence-corrected chi connectivity index (χ0v) is 12.8. The number of ether oxygens (including phenoxy) is 1. The molecule has 0 saturated heterocycles. The van der Waals surface area contributed by atoms with E-state index in [2.05, 4.69) is 15.9 Å². The van der Waals surface area contributed by atoms with Crippen LogP contribution in [-0.4, -0.2) is 31.1 Å². The number of aliphatic carboxylic acids is 1. The first-order chi connectivity index (χ1) is 8.71. The summed E-state index contributed by atoms with van der Waals surface area (Å²) in [5, 5.41) is 9.07. The number of rotatable bonds is 4. The van der Waals surface area contributed by atoms with Gasteiger partial charge < -0.3 is 14.7 Å². The second-order valence-electron chi connectivity index (χ2n) is 4.61. The number of carbonyl (C=O) groups is 2. The molecule has 0 aliphatic rings. The SMILES string of the molecule is COc1ccc(N(C)C(=O)C(C)(C)C(=O)O)cc1Br. The van der Waals surface area contributed by atoms with Gasteiger partial charge in [0, 0.05) is 12.7 Å². The van der Waals surface area contributed by atoms with Crippen LogP contribution in [0.25, 0.3) is 0 Å². The lowest BCUT2D eigenvalue weighted by molar-refractivity contribution is -0.152. The number of hydrogen-bond acceptors (Lipinski definition) is 3. The van der Waals surface area contributed by atoms with E-state index >= 15 is 0 Å². The molecule has 0 radical (unpaired) electrons. The normalized spacial score (nSPS) is 11.0. The number of carboxylic acid groups (broad SMARTS) is 1. The summed E-state index contributed by atoms with van der Waals surface area (Å²) in [7, 11) is 3.09. The van der Waals surface area contributed by atoms with Gasteiger partial charge in [-0.05, 0) is 48.0 Å². The molecule has 0 aromatic heterocycles. The van der Waals surface area contributed by atoms with Crippen molar-refractivity contribution in [2.75, 3.05) is 19.1 Å². The number of halogens is 1. The van der Waals surface area contributed by atoms with Gasteiger partial charge in [-0.3, -0.25) is 9.59 Å². The first-order valence-electron chi connectivity index (χ1n) is 5.57. The lowest BCUT2D eigenvalue weighted by Crippen LogP contribution is -2.43. The van der Waals surface area contributed by atoms with Gasteiger partial charge in [0.15, 0.2) is 0 Å². The third-order valence-electron chi connectivity index (χ3n) is 2.90. The van der Waals surface area contributed by atoms with E-state index in [0.29, 0.717) is 15.9 Å². The van der Waals surface area contributed by atoms with E-state index in [4.69, 9.17) is 9.84 Å². The number of anilines is 1. The Morgan fingerprint density at radius 2 is 1.95 bits per heavy atom. The van der Waals surface area contributed by atoms with Crippen molar-refractivity contribution < 1.29 is 19.4 Å². The summed E-state index contributed by atoms with van der Waals surface area (Å²) in [6, 6.07) is 5.10. The third-order valence-corrected chi connectivity index (χ3v) is 3.52. The summed E-state index contributed by atoms with van der Waals surface area (Å²) in [4.78, 5) is 24.6. The Balaban J connectivity index is 3.07. The minimum atomic E-state index is -1.47. The molecule has 1 aromatic carbocycles. The van der Waals surface area contributed by atoms with Crippen molar-refractivity contribution >= 4 is 33.5 Å². The van der Waals surface area contributed by atoms with Gasteiger partial charge in [-0.2, -0.15) is 0 Å². The topological polar surface area (TPSA) is 66.8 Å². The van der Waals surface area contributed by atoms with Crippen LogP contribution in [0.5, 0.6) is 5.75 Å². The summed E-state index contributed by atoms with van der Waals surface area (Å²) >= 11 is 3.32. The number of carboxylic acids is 1. The number of benzene rings is 1. The van der Waals surface area contributed by atoms with E-state index in [-0.39, 0.29) is 0 Å². The molecular formula is C13H16BrNO4. The van der Waals surface area contributed by atoms with Gasteiger partial charge in [0.1, 0.15) is 11.2 Å². The molecule has 5 nitrogen and oxygen atoms in total. The predicted molar refractivity (Wildman–Crippen MR) is 75.5 cm³/mol. The molecule has 0 unspecified atom stereocenters. The van der Waals surface area contributed by atoms with Gasteiger partial charge >= 0.3 is 5.97 Å². The Morgan fingerprint density at radius 1 is 1.37 bits per heavy atom.